The van der Waals surface area contributed by atoms with Gasteiger partial charge in [-0.25, -0.2) is 0 Å². The highest BCUT2D eigenvalue weighted by Crippen LogP contribution is 2.67. The van der Waals surface area contributed by atoms with E-state index < -0.39 is 5.79 Å². The van der Waals surface area contributed by atoms with Crippen LogP contribution in [0.2, 0.25) is 0 Å². The highest BCUT2D eigenvalue weighted by atomic mass is 16.8. The summed E-state index contributed by atoms with van der Waals surface area (Å²) in [6, 6.07) is 0. The van der Waals surface area contributed by atoms with Gasteiger partial charge in [0, 0.05) is 0 Å². The molecule has 0 amide bonds. The second-order valence-corrected chi connectivity index (χ2v) is 11.0. The Hall–Kier alpha value is -0.340. The van der Waals surface area contributed by atoms with Crippen LogP contribution < -0.4 is 0 Å². The van der Waals surface area contributed by atoms with E-state index in [2.05, 4.69) is 46.8 Å². The molecule has 5 rings (SSSR count). The number of fused-ring (bicyclic) bond motifs is 8. The molecule has 25 heavy (non-hydrogen) atoms. The number of hydrogen-bond donors (Lipinski definition) is 0. The number of hydrogen-bond acceptors (Lipinski definition) is 2. The van der Waals surface area contributed by atoms with E-state index in [1.54, 1.807) is 0 Å². The Morgan fingerprint density at radius 1 is 0.880 bits per heavy atom. The van der Waals surface area contributed by atoms with Crippen molar-refractivity contribution in [3.63, 3.8) is 0 Å². The Kier molecular flexibility index (Phi) is 3.45. The first-order chi connectivity index (χ1) is 11.7. The summed E-state index contributed by atoms with van der Waals surface area (Å²) in [5, 5.41) is 0. The lowest BCUT2D eigenvalue weighted by atomic mass is 9.43. The number of rotatable bonds is 0. The molecule has 0 aromatic heterocycles. The maximum atomic E-state index is 6.65. The van der Waals surface area contributed by atoms with Crippen molar-refractivity contribution in [2.24, 2.45) is 40.4 Å². The summed E-state index contributed by atoms with van der Waals surface area (Å²) < 4.78 is 13.3. The van der Waals surface area contributed by atoms with Crippen LogP contribution in [0, 0.1) is 40.4 Å². The topological polar surface area (TPSA) is 18.5 Å². The molecule has 1 heterocycles. The molecule has 140 valence electrons. The minimum atomic E-state index is -0.411. The molecule has 0 unspecified atom stereocenters. The molecule has 4 aliphatic carbocycles. The van der Waals surface area contributed by atoms with Gasteiger partial charge in [-0.15, -0.1) is 0 Å². The van der Waals surface area contributed by atoms with Crippen LogP contribution in [0.4, 0.5) is 0 Å². The van der Waals surface area contributed by atoms with Crippen molar-refractivity contribution >= 4 is 0 Å². The molecule has 0 aromatic carbocycles. The van der Waals surface area contributed by atoms with Crippen molar-refractivity contribution < 1.29 is 9.47 Å². The molecule has 0 spiro atoms. The van der Waals surface area contributed by atoms with E-state index in [0.717, 1.165) is 17.8 Å². The van der Waals surface area contributed by atoms with Gasteiger partial charge in [-0.2, -0.15) is 0 Å². The Bertz CT molecular complexity index is 595. The van der Waals surface area contributed by atoms with E-state index in [4.69, 9.17) is 9.47 Å². The van der Waals surface area contributed by atoms with Crippen LogP contribution in [-0.4, -0.2) is 18.0 Å². The van der Waals surface area contributed by atoms with Gasteiger partial charge >= 0.3 is 0 Å². The number of allylic oxidation sites excluding steroid dienone is 2. The van der Waals surface area contributed by atoms with Gasteiger partial charge in [-0.3, -0.25) is 0 Å². The van der Waals surface area contributed by atoms with Gasteiger partial charge < -0.3 is 9.47 Å². The van der Waals surface area contributed by atoms with E-state index in [-0.39, 0.29) is 0 Å². The Morgan fingerprint density at radius 2 is 1.64 bits per heavy atom. The summed E-state index contributed by atoms with van der Waals surface area (Å²) in [5.74, 6) is 3.36. The Balaban J connectivity index is 1.59. The summed E-state index contributed by atoms with van der Waals surface area (Å²) in [6.45, 7) is 11.8. The van der Waals surface area contributed by atoms with E-state index in [1.165, 1.54) is 38.5 Å². The highest BCUT2D eigenvalue weighted by Gasteiger charge is 2.66. The molecular formula is C23H36O2. The van der Waals surface area contributed by atoms with Gasteiger partial charge in [-0.05, 0) is 86.4 Å². The first-order valence-corrected chi connectivity index (χ1v) is 10.8. The van der Waals surface area contributed by atoms with E-state index in [0.29, 0.717) is 34.9 Å². The monoisotopic (exact) mass is 344 g/mol. The lowest BCUT2D eigenvalue weighted by Crippen LogP contribution is -2.62. The van der Waals surface area contributed by atoms with E-state index in [1.807, 2.05) is 0 Å². The van der Waals surface area contributed by atoms with Crippen LogP contribution in [0.3, 0.4) is 0 Å². The van der Waals surface area contributed by atoms with Crippen LogP contribution in [0.5, 0.6) is 0 Å². The summed E-state index contributed by atoms with van der Waals surface area (Å²) >= 11 is 0. The summed E-state index contributed by atoms with van der Waals surface area (Å²) in [5.41, 5.74) is 0.846. The Morgan fingerprint density at radius 3 is 2.44 bits per heavy atom. The van der Waals surface area contributed by atoms with Crippen molar-refractivity contribution in [2.75, 3.05) is 0 Å². The molecule has 5 aliphatic rings. The van der Waals surface area contributed by atoms with Crippen LogP contribution in [0.1, 0.15) is 73.1 Å². The SMILES string of the molecule is C[C@H]1CC[C@@]2(C)[C@H](C1)[C@H]1OC(C)(C)O[C@@H]1[C@@H]1[C@@H]2CC[C@]2(C)C=CC[C@@H]12. The summed E-state index contributed by atoms with van der Waals surface area (Å²) in [6.07, 6.45) is 13.7. The summed E-state index contributed by atoms with van der Waals surface area (Å²) in [7, 11) is 0. The fraction of sp³-hybridized carbons (Fsp3) is 0.913. The molecule has 0 N–H and O–H groups in total. The zero-order valence-corrected chi connectivity index (χ0v) is 16.8. The molecule has 2 nitrogen and oxygen atoms in total. The van der Waals surface area contributed by atoms with Crippen molar-refractivity contribution in [1.82, 2.24) is 0 Å². The predicted molar refractivity (Wildman–Crippen MR) is 100 cm³/mol. The van der Waals surface area contributed by atoms with Crippen molar-refractivity contribution in [3.05, 3.63) is 12.2 Å². The van der Waals surface area contributed by atoms with Crippen molar-refractivity contribution in [3.8, 4) is 0 Å². The van der Waals surface area contributed by atoms with Crippen LogP contribution in [0.15, 0.2) is 12.2 Å². The molecule has 1 aliphatic heterocycles. The van der Waals surface area contributed by atoms with Gasteiger partial charge in [0.2, 0.25) is 0 Å². The molecule has 4 fully saturated rings. The first kappa shape index (κ1) is 16.8. The Labute approximate surface area is 153 Å². The largest absolute Gasteiger partial charge is 0.344 e. The average Bonchev–Trinajstić information content (AvgIpc) is 3.07. The second kappa shape index (κ2) is 5.13. The molecule has 2 heteroatoms. The molecule has 9 atom stereocenters. The normalized spacial score (nSPS) is 59.0. The fourth-order valence-corrected chi connectivity index (χ4v) is 7.87. The van der Waals surface area contributed by atoms with Crippen molar-refractivity contribution in [1.29, 1.82) is 0 Å². The van der Waals surface area contributed by atoms with E-state index >= 15 is 0 Å². The molecule has 0 radical (unpaired) electrons. The first-order valence-electron chi connectivity index (χ1n) is 10.8. The lowest BCUT2D eigenvalue weighted by molar-refractivity contribution is -0.176. The van der Waals surface area contributed by atoms with Crippen molar-refractivity contribution in [2.45, 2.75) is 91.1 Å². The third-order valence-corrected chi connectivity index (χ3v) is 9.12. The van der Waals surface area contributed by atoms with Crippen LogP contribution >= 0.6 is 0 Å². The number of ether oxygens (including phenoxy) is 2. The zero-order chi connectivity index (χ0) is 17.6. The average molecular weight is 345 g/mol. The fourth-order valence-electron chi connectivity index (χ4n) is 7.87. The predicted octanol–water partition coefficient (Wildman–Crippen LogP) is 5.57. The molecule has 3 saturated carbocycles. The third-order valence-electron chi connectivity index (χ3n) is 9.12. The standard InChI is InChI=1S/C23H36O2/c1-14-8-12-23(5)16-9-11-22(4)10-6-7-15(22)18(16)20-19(17(23)13-14)24-21(2,3)25-20/h6,10,14-20H,7-9,11-13H2,1-5H3/t14-,15-,16-,17+,18-,19+,20+,22-,23+/m0/s1. The highest BCUT2D eigenvalue weighted by molar-refractivity contribution is 5.20. The maximum absolute atomic E-state index is 6.65. The zero-order valence-electron chi connectivity index (χ0n) is 16.8. The van der Waals surface area contributed by atoms with Crippen LogP contribution in [0.25, 0.3) is 0 Å². The van der Waals surface area contributed by atoms with Gasteiger partial charge in [0.25, 0.3) is 0 Å². The lowest BCUT2D eigenvalue weighted by Gasteiger charge is -2.63. The van der Waals surface area contributed by atoms with Crippen LogP contribution in [-0.2, 0) is 9.47 Å². The molecular weight excluding hydrogens is 308 g/mol. The quantitative estimate of drug-likeness (QED) is 0.535. The maximum Gasteiger partial charge on any atom is 0.163 e. The molecule has 0 aromatic rings. The molecule has 1 saturated heterocycles. The summed E-state index contributed by atoms with van der Waals surface area (Å²) in [4.78, 5) is 0. The van der Waals surface area contributed by atoms with Gasteiger partial charge in [0.05, 0.1) is 12.2 Å². The smallest absolute Gasteiger partial charge is 0.163 e. The van der Waals surface area contributed by atoms with E-state index in [9.17, 15) is 0 Å². The second-order valence-electron chi connectivity index (χ2n) is 11.0. The minimum Gasteiger partial charge on any atom is -0.344 e. The van der Waals surface area contributed by atoms with Gasteiger partial charge in [-0.1, -0.05) is 39.3 Å². The minimum absolute atomic E-state index is 0.312. The van der Waals surface area contributed by atoms with Gasteiger partial charge in [0.15, 0.2) is 5.79 Å². The molecule has 0 bridgehead atoms. The van der Waals surface area contributed by atoms with Gasteiger partial charge in [0.1, 0.15) is 0 Å². The third kappa shape index (κ3) is 2.22.